The molecule has 4 heteroatoms. The van der Waals surface area contributed by atoms with E-state index in [0.29, 0.717) is 0 Å². The molecule has 0 fully saturated rings. The van der Waals surface area contributed by atoms with Crippen LogP contribution in [0.25, 0.3) is 11.9 Å². The molecule has 0 amide bonds. The molecule has 0 saturated carbocycles. The Morgan fingerprint density at radius 1 is 1.47 bits per heavy atom. The van der Waals surface area contributed by atoms with Gasteiger partial charge in [0.15, 0.2) is 0 Å². The maximum Gasteiger partial charge on any atom is 0.0598 e. The Morgan fingerprint density at radius 3 is 2.73 bits per heavy atom. The molecule has 2 aromatic heterocycles. The van der Waals surface area contributed by atoms with Crippen LogP contribution in [0.3, 0.4) is 0 Å². The first-order chi connectivity index (χ1) is 7.22. The molecule has 0 saturated heterocycles. The van der Waals surface area contributed by atoms with Crippen LogP contribution in [0, 0.1) is 13.8 Å². The molecule has 2 rings (SSSR count). The molecule has 2 aromatic rings. The van der Waals surface area contributed by atoms with Gasteiger partial charge in [0, 0.05) is 34.8 Å². The third kappa shape index (κ3) is 2.01. The van der Waals surface area contributed by atoms with Crippen molar-refractivity contribution in [1.82, 2.24) is 9.27 Å². The Balaban J connectivity index is 2.29. The van der Waals surface area contributed by atoms with Gasteiger partial charge in [-0.1, -0.05) is 11.5 Å². The maximum atomic E-state index is 3.23. The number of hydrogen-bond acceptors (Lipinski definition) is 3. The van der Waals surface area contributed by atoms with E-state index in [9.17, 15) is 0 Å². The minimum absolute atomic E-state index is 1.16. The van der Waals surface area contributed by atoms with Gasteiger partial charge in [0.25, 0.3) is 0 Å². The molecule has 0 aliphatic rings. The van der Waals surface area contributed by atoms with E-state index in [1.807, 2.05) is 7.05 Å². The highest BCUT2D eigenvalue weighted by molar-refractivity contribution is 7.08. The molecule has 0 aliphatic carbocycles. The normalized spacial score (nSPS) is 12.1. The van der Waals surface area contributed by atoms with Crippen molar-refractivity contribution in [3.05, 3.63) is 33.0 Å². The highest BCUT2D eigenvalue weighted by atomic mass is 32.1. The van der Waals surface area contributed by atoms with Crippen molar-refractivity contribution in [3.63, 3.8) is 0 Å². The molecule has 2 nitrogen and oxygen atoms in total. The fourth-order valence-corrected chi connectivity index (χ4v) is 2.82. The zero-order chi connectivity index (χ0) is 10.8. The van der Waals surface area contributed by atoms with Gasteiger partial charge in [-0.15, -0.1) is 0 Å². The van der Waals surface area contributed by atoms with E-state index in [2.05, 4.69) is 46.1 Å². The fraction of sp³-hybridized carbons (Fsp3) is 0.273. The average molecular weight is 238 g/mol. The monoisotopic (exact) mass is 238 g/mol. The summed E-state index contributed by atoms with van der Waals surface area (Å²) in [5, 5.41) is 7.48. The van der Waals surface area contributed by atoms with Crippen molar-refractivity contribution >= 4 is 34.8 Å². The first-order valence-electron chi connectivity index (χ1n) is 4.79. The third-order valence-corrected chi connectivity index (χ3v) is 4.25. The molecule has 80 valence electrons. The van der Waals surface area contributed by atoms with Crippen LogP contribution in [-0.2, 0) is 0 Å². The van der Waals surface area contributed by atoms with Gasteiger partial charge in [-0.3, -0.25) is 3.96 Å². The van der Waals surface area contributed by atoms with E-state index in [1.165, 1.54) is 16.1 Å². The molecule has 15 heavy (non-hydrogen) atoms. The predicted octanol–water partition coefficient (Wildman–Crippen LogP) is 3.40. The van der Waals surface area contributed by atoms with Crippen molar-refractivity contribution in [1.29, 1.82) is 0 Å². The van der Waals surface area contributed by atoms with Gasteiger partial charge in [-0.2, -0.15) is 11.3 Å². The smallest absolute Gasteiger partial charge is 0.0598 e. The van der Waals surface area contributed by atoms with E-state index in [-0.39, 0.29) is 0 Å². The number of aryl methyl sites for hydroxylation is 1. The molecule has 0 unspecified atom stereocenters. The van der Waals surface area contributed by atoms with Gasteiger partial charge >= 0.3 is 0 Å². The molecule has 0 spiro atoms. The van der Waals surface area contributed by atoms with Crippen molar-refractivity contribution in [2.45, 2.75) is 13.8 Å². The van der Waals surface area contributed by atoms with Crippen molar-refractivity contribution in [3.8, 4) is 0 Å². The molecular formula is C11H14N2S2. The van der Waals surface area contributed by atoms with Gasteiger partial charge in [0.05, 0.1) is 5.70 Å². The summed E-state index contributed by atoms with van der Waals surface area (Å²) < 4.78 is 2.19. The van der Waals surface area contributed by atoms with Crippen LogP contribution in [0.4, 0.5) is 0 Å². The van der Waals surface area contributed by atoms with Crippen LogP contribution < -0.4 is 5.32 Å². The highest BCUT2D eigenvalue weighted by Gasteiger charge is 2.06. The summed E-state index contributed by atoms with van der Waals surface area (Å²) in [6.45, 7) is 4.29. The Kier molecular flexibility index (Phi) is 2.98. The largest absolute Gasteiger partial charge is 0.386 e. The summed E-state index contributed by atoms with van der Waals surface area (Å²) in [5.41, 5.74) is 3.75. The van der Waals surface area contributed by atoms with Crippen LogP contribution in [0.2, 0.25) is 0 Å². The summed E-state index contributed by atoms with van der Waals surface area (Å²) in [6, 6.07) is 2.13. The zero-order valence-corrected chi connectivity index (χ0v) is 10.7. The van der Waals surface area contributed by atoms with Crippen LogP contribution in [0.1, 0.15) is 16.1 Å². The summed E-state index contributed by atoms with van der Waals surface area (Å²) in [6.07, 6.45) is 2.15. The van der Waals surface area contributed by atoms with Crippen LogP contribution in [-0.4, -0.2) is 11.0 Å². The number of rotatable bonds is 3. The van der Waals surface area contributed by atoms with E-state index in [1.54, 1.807) is 22.9 Å². The number of hydrogen-bond donors (Lipinski definition) is 1. The minimum atomic E-state index is 1.16. The highest BCUT2D eigenvalue weighted by Crippen LogP contribution is 2.23. The lowest BCUT2D eigenvalue weighted by atomic mass is 10.2. The first kappa shape index (κ1) is 10.5. The molecule has 0 aromatic carbocycles. The van der Waals surface area contributed by atoms with E-state index in [4.69, 9.17) is 0 Å². The number of aromatic nitrogens is 1. The lowest BCUT2D eigenvalue weighted by Crippen LogP contribution is -2.07. The van der Waals surface area contributed by atoms with Gasteiger partial charge in [0.1, 0.15) is 0 Å². The number of nitrogens with one attached hydrogen (secondary N) is 1. The lowest BCUT2D eigenvalue weighted by molar-refractivity contribution is 1.08. The molecule has 0 radical (unpaired) electrons. The molecule has 0 bridgehead atoms. The topological polar surface area (TPSA) is 17.0 Å². The second-order valence-corrected chi connectivity index (χ2v) is 5.33. The predicted molar refractivity (Wildman–Crippen MR) is 69.3 cm³/mol. The molecule has 2 heterocycles. The fourth-order valence-electron chi connectivity index (χ4n) is 1.34. The van der Waals surface area contributed by atoms with E-state index in [0.717, 1.165) is 5.70 Å². The van der Waals surface area contributed by atoms with Crippen LogP contribution in [0.15, 0.2) is 16.8 Å². The standard InChI is InChI=1S/C11H14N2S2/c1-8-9(2)15-13(8)6-11(12-3)10-4-5-14-7-10/h4-7,12H,1-3H3/b11-6-. The molecular weight excluding hydrogens is 224 g/mol. The minimum Gasteiger partial charge on any atom is -0.386 e. The quantitative estimate of drug-likeness (QED) is 0.867. The van der Waals surface area contributed by atoms with Crippen molar-refractivity contribution in [2.75, 3.05) is 7.05 Å². The van der Waals surface area contributed by atoms with Gasteiger partial charge < -0.3 is 5.32 Å². The SMILES string of the molecule is CN/C(=C\n1sc(C)c1C)c1ccsc1. The number of nitrogens with zero attached hydrogens (tertiary/aromatic N) is 1. The average Bonchev–Trinajstić information content (AvgIpc) is 2.76. The van der Waals surface area contributed by atoms with Crippen molar-refractivity contribution < 1.29 is 0 Å². The summed E-state index contributed by atoms with van der Waals surface area (Å²) in [4.78, 5) is 1.40. The number of thiophene rings is 1. The van der Waals surface area contributed by atoms with Crippen LogP contribution >= 0.6 is 22.9 Å². The van der Waals surface area contributed by atoms with Gasteiger partial charge in [-0.25, -0.2) is 0 Å². The van der Waals surface area contributed by atoms with Crippen LogP contribution in [0.5, 0.6) is 0 Å². The lowest BCUT2D eigenvalue weighted by Gasteiger charge is -2.14. The first-order valence-corrected chi connectivity index (χ1v) is 6.51. The van der Waals surface area contributed by atoms with E-state index >= 15 is 0 Å². The zero-order valence-electron chi connectivity index (χ0n) is 9.07. The molecule has 0 atom stereocenters. The summed E-state index contributed by atoms with van der Waals surface area (Å²) >= 11 is 3.50. The maximum absolute atomic E-state index is 3.23. The Bertz CT molecular complexity index is 460. The molecule has 1 N–H and O–H groups in total. The van der Waals surface area contributed by atoms with E-state index < -0.39 is 0 Å². The Hall–Kier alpha value is -1.00. The molecule has 0 aliphatic heterocycles. The summed E-state index contributed by atoms with van der Waals surface area (Å²) in [7, 11) is 1.96. The van der Waals surface area contributed by atoms with Crippen molar-refractivity contribution in [2.24, 2.45) is 0 Å². The second-order valence-electron chi connectivity index (χ2n) is 3.36. The summed E-state index contributed by atoms with van der Waals surface area (Å²) in [5.74, 6) is 0. The Labute approximate surface area is 98.0 Å². The second kappa shape index (κ2) is 4.24. The Morgan fingerprint density at radius 2 is 2.27 bits per heavy atom. The van der Waals surface area contributed by atoms with Gasteiger partial charge in [0.2, 0.25) is 0 Å². The third-order valence-electron chi connectivity index (χ3n) is 2.42. The van der Waals surface area contributed by atoms with Gasteiger partial charge in [-0.05, 0) is 25.3 Å².